The lowest BCUT2D eigenvalue weighted by atomic mass is 9.81. The monoisotopic (exact) mass is 308 g/mol. The van der Waals surface area contributed by atoms with Crippen molar-refractivity contribution >= 4 is 22.8 Å². The Labute approximate surface area is 131 Å². The van der Waals surface area contributed by atoms with Gasteiger partial charge in [0.25, 0.3) is 0 Å². The first-order chi connectivity index (χ1) is 10.1. The van der Waals surface area contributed by atoms with E-state index in [0.29, 0.717) is 5.88 Å². The highest BCUT2D eigenvalue weighted by Crippen LogP contribution is 2.33. The highest BCUT2D eigenvalue weighted by Gasteiger charge is 2.23. The van der Waals surface area contributed by atoms with Crippen LogP contribution in [0.15, 0.2) is 0 Å². The SMILES string of the molecule is CCC1CCC(Cn2c(CCl)nc3c(C)nn(C)c32)CC1. The Morgan fingerprint density at radius 3 is 2.48 bits per heavy atom. The van der Waals surface area contributed by atoms with E-state index in [1.165, 1.54) is 32.1 Å². The molecule has 0 aliphatic heterocycles. The maximum absolute atomic E-state index is 6.12. The number of nitrogens with zero attached hydrogens (tertiary/aromatic N) is 4. The fraction of sp³-hybridized carbons (Fsp3) is 0.750. The van der Waals surface area contributed by atoms with Crippen LogP contribution in [0.4, 0.5) is 0 Å². The standard InChI is InChI=1S/C16H25ClN4/c1-4-12-5-7-13(8-6-12)10-21-14(9-17)18-15-11(2)19-20(3)16(15)21/h12-13H,4-10H2,1-3H3. The van der Waals surface area contributed by atoms with Crippen molar-refractivity contribution in [3.05, 3.63) is 11.5 Å². The van der Waals surface area contributed by atoms with E-state index in [-0.39, 0.29) is 0 Å². The molecule has 0 saturated heterocycles. The topological polar surface area (TPSA) is 35.6 Å². The Morgan fingerprint density at radius 2 is 1.86 bits per heavy atom. The van der Waals surface area contributed by atoms with Gasteiger partial charge in [0.15, 0.2) is 5.65 Å². The van der Waals surface area contributed by atoms with Crippen molar-refractivity contribution < 1.29 is 0 Å². The van der Waals surface area contributed by atoms with Crippen LogP contribution in [0.25, 0.3) is 11.2 Å². The molecule has 0 spiro atoms. The molecule has 0 radical (unpaired) electrons. The van der Waals surface area contributed by atoms with E-state index >= 15 is 0 Å². The van der Waals surface area contributed by atoms with Crippen molar-refractivity contribution in [3.63, 3.8) is 0 Å². The van der Waals surface area contributed by atoms with Crippen LogP contribution in [0, 0.1) is 18.8 Å². The van der Waals surface area contributed by atoms with Crippen molar-refractivity contribution in [2.45, 2.75) is 58.4 Å². The van der Waals surface area contributed by atoms with Gasteiger partial charge in [-0.25, -0.2) is 4.98 Å². The third kappa shape index (κ3) is 2.70. The number of alkyl halides is 1. The van der Waals surface area contributed by atoms with Crippen molar-refractivity contribution in [3.8, 4) is 0 Å². The first kappa shape index (κ1) is 14.9. The van der Waals surface area contributed by atoms with Gasteiger partial charge in [0.05, 0.1) is 11.6 Å². The number of rotatable bonds is 4. The first-order valence-electron chi connectivity index (χ1n) is 8.08. The maximum atomic E-state index is 6.12. The molecule has 0 unspecified atom stereocenters. The molecule has 2 heterocycles. The molecule has 3 rings (SSSR count). The second kappa shape index (κ2) is 5.99. The van der Waals surface area contributed by atoms with Crippen molar-refractivity contribution in [2.24, 2.45) is 18.9 Å². The summed E-state index contributed by atoms with van der Waals surface area (Å²) < 4.78 is 4.25. The summed E-state index contributed by atoms with van der Waals surface area (Å²) in [5.41, 5.74) is 3.13. The largest absolute Gasteiger partial charge is 0.312 e. The first-order valence-corrected chi connectivity index (χ1v) is 8.62. The molecule has 116 valence electrons. The lowest BCUT2D eigenvalue weighted by Gasteiger charge is -2.28. The molecule has 4 nitrogen and oxygen atoms in total. The number of aryl methyl sites for hydroxylation is 2. The third-order valence-electron chi connectivity index (χ3n) is 5.07. The molecule has 1 fully saturated rings. The van der Waals surface area contributed by atoms with E-state index in [1.54, 1.807) is 0 Å². The molecule has 21 heavy (non-hydrogen) atoms. The summed E-state index contributed by atoms with van der Waals surface area (Å²) in [7, 11) is 2.00. The Morgan fingerprint density at radius 1 is 1.19 bits per heavy atom. The lowest BCUT2D eigenvalue weighted by Crippen LogP contribution is -2.20. The van der Waals surface area contributed by atoms with Gasteiger partial charge < -0.3 is 4.57 Å². The number of hydrogen-bond acceptors (Lipinski definition) is 2. The summed E-state index contributed by atoms with van der Waals surface area (Å²) in [5, 5.41) is 4.49. The molecule has 2 aromatic rings. The zero-order chi connectivity index (χ0) is 15.0. The summed E-state index contributed by atoms with van der Waals surface area (Å²) in [6.45, 7) is 5.37. The molecule has 0 amide bonds. The van der Waals surface area contributed by atoms with E-state index in [9.17, 15) is 0 Å². The van der Waals surface area contributed by atoms with Gasteiger partial charge >= 0.3 is 0 Å². The third-order valence-corrected chi connectivity index (χ3v) is 5.31. The van der Waals surface area contributed by atoms with Crippen LogP contribution in [-0.4, -0.2) is 19.3 Å². The van der Waals surface area contributed by atoms with Crippen LogP contribution >= 0.6 is 11.6 Å². The lowest BCUT2D eigenvalue weighted by molar-refractivity contribution is 0.247. The molecular formula is C16H25ClN4. The van der Waals surface area contributed by atoms with E-state index in [4.69, 9.17) is 16.6 Å². The highest BCUT2D eigenvalue weighted by atomic mass is 35.5. The fourth-order valence-electron chi connectivity index (χ4n) is 3.75. The predicted molar refractivity (Wildman–Crippen MR) is 86.5 cm³/mol. The number of hydrogen-bond donors (Lipinski definition) is 0. The summed E-state index contributed by atoms with van der Waals surface area (Å²) in [4.78, 5) is 4.70. The molecule has 0 aromatic carbocycles. The Balaban J connectivity index is 1.86. The molecule has 5 heteroatoms. The van der Waals surface area contributed by atoms with Gasteiger partial charge in [-0.2, -0.15) is 5.10 Å². The van der Waals surface area contributed by atoms with Crippen LogP contribution in [-0.2, 0) is 19.5 Å². The molecule has 0 N–H and O–H groups in total. The van der Waals surface area contributed by atoms with Crippen molar-refractivity contribution in [1.29, 1.82) is 0 Å². The van der Waals surface area contributed by atoms with Crippen LogP contribution in [0.5, 0.6) is 0 Å². The highest BCUT2D eigenvalue weighted by molar-refractivity contribution is 6.16. The second-order valence-corrected chi connectivity index (χ2v) is 6.72. The molecule has 1 saturated carbocycles. The van der Waals surface area contributed by atoms with E-state index < -0.39 is 0 Å². The maximum Gasteiger partial charge on any atom is 0.158 e. The van der Waals surface area contributed by atoms with Crippen LogP contribution in [0.1, 0.15) is 50.5 Å². The van der Waals surface area contributed by atoms with Gasteiger partial charge in [-0.05, 0) is 31.6 Å². The van der Waals surface area contributed by atoms with Gasteiger partial charge in [0.2, 0.25) is 0 Å². The predicted octanol–water partition coefficient (Wildman–Crippen LogP) is 4.03. The quantitative estimate of drug-likeness (QED) is 0.799. The van der Waals surface area contributed by atoms with Gasteiger partial charge in [-0.3, -0.25) is 4.68 Å². The summed E-state index contributed by atoms with van der Waals surface area (Å²) in [6, 6.07) is 0. The minimum absolute atomic E-state index is 0.471. The van der Waals surface area contributed by atoms with Gasteiger partial charge in [0, 0.05) is 13.6 Å². The minimum atomic E-state index is 0.471. The number of aromatic nitrogens is 4. The Bertz CT molecular complexity index is 620. The average Bonchev–Trinajstić information content (AvgIpc) is 2.99. The minimum Gasteiger partial charge on any atom is -0.312 e. The Hall–Kier alpha value is -1.03. The zero-order valence-corrected chi connectivity index (χ0v) is 14.0. The normalized spacial score (nSPS) is 23.0. The molecule has 1 aliphatic rings. The molecule has 1 aliphatic carbocycles. The molecule has 2 aromatic heterocycles. The summed E-state index contributed by atoms with van der Waals surface area (Å²) in [5.74, 6) is 3.15. The summed E-state index contributed by atoms with van der Waals surface area (Å²) in [6.07, 6.45) is 6.74. The number of fused-ring (bicyclic) bond motifs is 1. The molecule has 0 atom stereocenters. The van der Waals surface area contributed by atoms with Gasteiger partial charge in [0.1, 0.15) is 11.3 Å². The van der Waals surface area contributed by atoms with E-state index in [0.717, 1.165) is 41.1 Å². The van der Waals surface area contributed by atoms with Gasteiger partial charge in [-0.15, -0.1) is 11.6 Å². The van der Waals surface area contributed by atoms with Gasteiger partial charge in [-0.1, -0.05) is 26.2 Å². The van der Waals surface area contributed by atoms with Crippen molar-refractivity contribution in [1.82, 2.24) is 19.3 Å². The average molecular weight is 309 g/mol. The summed E-state index contributed by atoms with van der Waals surface area (Å²) >= 11 is 6.12. The molecular weight excluding hydrogens is 284 g/mol. The smallest absolute Gasteiger partial charge is 0.158 e. The van der Waals surface area contributed by atoms with Crippen LogP contribution in [0.3, 0.4) is 0 Å². The fourth-order valence-corrected chi connectivity index (χ4v) is 3.96. The number of imidazole rings is 1. The Kier molecular flexibility index (Phi) is 4.25. The number of halogens is 1. The van der Waals surface area contributed by atoms with Crippen LogP contribution in [0.2, 0.25) is 0 Å². The van der Waals surface area contributed by atoms with Crippen LogP contribution < -0.4 is 0 Å². The zero-order valence-electron chi connectivity index (χ0n) is 13.3. The molecule has 0 bridgehead atoms. The van der Waals surface area contributed by atoms with E-state index in [2.05, 4.69) is 16.6 Å². The second-order valence-electron chi connectivity index (χ2n) is 6.45. The van der Waals surface area contributed by atoms with E-state index in [1.807, 2.05) is 18.7 Å². The van der Waals surface area contributed by atoms with Crippen molar-refractivity contribution in [2.75, 3.05) is 0 Å².